The summed E-state index contributed by atoms with van der Waals surface area (Å²) < 4.78 is 38.0. The van der Waals surface area contributed by atoms with Crippen LogP contribution in [0.2, 0.25) is 0 Å². The summed E-state index contributed by atoms with van der Waals surface area (Å²) in [6, 6.07) is 2.95. The lowest BCUT2D eigenvalue weighted by atomic mass is 10.0. The van der Waals surface area contributed by atoms with E-state index in [1.165, 1.54) is 6.07 Å². The summed E-state index contributed by atoms with van der Waals surface area (Å²) in [5, 5.41) is 0. The lowest BCUT2D eigenvalue weighted by Crippen LogP contribution is -2.17. The van der Waals surface area contributed by atoms with Gasteiger partial charge in [-0.15, -0.1) is 12.4 Å². The Hall–Kier alpha value is -0.300. The third kappa shape index (κ3) is 4.46. The Morgan fingerprint density at radius 3 is 2.35 bits per heavy atom. The number of alkyl halides is 3. The largest absolute Gasteiger partial charge is 0.416 e. The average molecular weight is 334 g/mol. The molecule has 17 heavy (non-hydrogen) atoms. The van der Waals surface area contributed by atoms with Crippen LogP contribution >= 0.6 is 28.3 Å². The van der Waals surface area contributed by atoms with Gasteiger partial charge in [-0.1, -0.05) is 15.9 Å². The molecule has 0 heterocycles. The summed E-state index contributed by atoms with van der Waals surface area (Å²) in [4.78, 5) is 0. The Balaban J connectivity index is 0.00000256. The van der Waals surface area contributed by atoms with Gasteiger partial charge in [-0.25, -0.2) is 0 Å². The molecule has 0 fully saturated rings. The lowest BCUT2D eigenvalue weighted by molar-refractivity contribution is -0.137. The summed E-state index contributed by atoms with van der Waals surface area (Å²) in [5.74, 6) is 0. The second kappa shape index (κ2) is 6.58. The van der Waals surface area contributed by atoms with Crippen LogP contribution in [0, 0.1) is 0 Å². The summed E-state index contributed by atoms with van der Waals surface area (Å²) in [6.07, 6.45) is -3.90. The van der Waals surface area contributed by atoms with Crippen LogP contribution in [0.15, 0.2) is 22.7 Å². The number of rotatable bonds is 3. The van der Waals surface area contributed by atoms with Crippen LogP contribution in [0.25, 0.3) is 0 Å². The van der Waals surface area contributed by atoms with Gasteiger partial charge in [0.15, 0.2) is 0 Å². The Morgan fingerprint density at radius 1 is 1.29 bits per heavy atom. The van der Waals surface area contributed by atoms with E-state index in [0.29, 0.717) is 23.0 Å². The van der Waals surface area contributed by atoms with Gasteiger partial charge in [0, 0.05) is 10.5 Å². The molecule has 0 aliphatic heterocycles. The van der Waals surface area contributed by atoms with Crippen LogP contribution in [-0.4, -0.2) is 6.54 Å². The average Bonchev–Trinajstić information content (AvgIpc) is 2.16. The van der Waals surface area contributed by atoms with E-state index in [1.54, 1.807) is 0 Å². The molecular formula is C10H13BrClF3N2. The third-order valence-electron chi connectivity index (χ3n) is 2.20. The maximum atomic E-state index is 12.5. The first-order valence-corrected chi connectivity index (χ1v) is 5.48. The molecule has 0 aromatic heterocycles. The lowest BCUT2D eigenvalue weighted by Gasteiger charge is -2.15. The Labute approximate surface area is 112 Å². The fourth-order valence-corrected chi connectivity index (χ4v) is 1.88. The topological polar surface area (TPSA) is 52.0 Å². The van der Waals surface area contributed by atoms with Crippen LogP contribution in [0.5, 0.6) is 0 Å². The smallest absolute Gasteiger partial charge is 0.330 e. The fraction of sp³-hybridized carbons (Fsp3) is 0.400. The Bertz CT molecular complexity index is 371. The molecule has 0 spiro atoms. The van der Waals surface area contributed by atoms with Crippen LogP contribution in [0.1, 0.15) is 23.6 Å². The highest BCUT2D eigenvalue weighted by atomic mass is 79.9. The van der Waals surface area contributed by atoms with Gasteiger partial charge in [0.05, 0.1) is 5.56 Å². The number of benzene rings is 1. The van der Waals surface area contributed by atoms with Gasteiger partial charge in [-0.3, -0.25) is 0 Å². The van der Waals surface area contributed by atoms with Gasteiger partial charge >= 0.3 is 6.18 Å². The molecule has 1 aromatic carbocycles. The van der Waals surface area contributed by atoms with Crippen LogP contribution in [-0.2, 0) is 6.18 Å². The predicted molar refractivity (Wildman–Crippen MR) is 67.0 cm³/mol. The second-order valence-corrected chi connectivity index (χ2v) is 4.27. The van der Waals surface area contributed by atoms with E-state index in [1.807, 2.05) is 0 Å². The van der Waals surface area contributed by atoms with Gasteiger partial charge in [0.1, 0.15) is 0 Å². The van der Waals surface area contributed by atoms with Crippen molar-refractivity contribution in [1.29, 1.82) is 0 Å². The van der Waals surface area contributed by atoms with E-state index >= 15 is 0 Å². The molecule has 4 N–H and O–H groups in total. The first-order chi connectivity index (χ1) is 7.36. The summed E-state index contributed by atoms with van der Waals surface area (Å²) in [6.45, 7) is 0.337. The van der Waals surface area contributed by atoms with Gasteiger partial charge in [-0.2, -0.15) is 13.2 Å². The summed E-state index contributed by atoms with van der Waals surface area (Å²) >= 11 is 3.18. The molecule has 0 radical (unpaired) electrons. The molecule has 2 nitrogen and oxygen atoms in total. The molecule has 98 valence electrons. The molecule has 0 amide bonds. The van der Waals surface area contributed by atoms with E-state index in [9.17, 15) is 13.2 Å². The summed E-state index contributed by atoms with van der Waals surface area (Å²) in [5.41, 5.74) is 10.8. The van der Waals surface area contributed by atoms with Gasteiger partial charge in [0.25, 0.3) is 0 Å². The van der Waals surface area contributed by atoms with E-state index in [-0.39, 0.29) is 12.4 Å². The normalized spacial score (nSPS) is 13.1. The zero-order valence-electron chi connectivity index (χ0n) is 8.80. The van der Waals surface area contributed by atoms with Crippen LogP contribution in [0.4, 0.5) is 13.2 Å². The fourth-order valence-electron chi connectivity index (χ4n) is 1.34. The van der Waals surface area contributed by atoms with Crippen molar-refractivity contribution < 1.29 is 13.2 Å². The standard InChI is InChI=1S/C10H12BrF3N2.ClH/c11-8-2-1-6(10(12,13)14)5-7(8)9(16)3-4-15;/h1-2,5,9H,3-4,15-16H2;1H/t9-;/m0./s1. The van der Waals surface area contributed by atoms with Crippen molar-refractivity contribution in [1.82, 2.24) is 0 Å². The molecule has 0 saturated heterocycles. The highest BCUT2D eigenvalue weighted by Gasteiger charge is 2.31. The van der Waals surface area contributed by atoms with Crippen molar-refractivity contribution in [2.45, 2.75) is 18.6 Å². The molecule has 1 atom stereocenters. The highest BCUT2D eigenvalue weighted by molar-refractivity contribution is 9.10. The van der Waals surface area contributed by atoms with Gasteiger partial charge < -0.3 is 11.5 Å². The number of hydrogen-bond donors (Lipinski definition) is 2. The molecule has 0 aliphatic rings. The minimum Gasteiger partial charge on any atom is -0.330 e. The third-order valence-corrected chi connectivity index (χ3v) is 2.92. The Kier molecular flexibility index (Phi) is 6.47. The van der Waals surface area contributed by atoms with Crippen LogP contribution in [0.3, 0.4) is 0 Å². The van der Waals surface area contributed by atoms with E-state index in [2.05, 4.69) is 15.9 Å². The van der Waals surface area contributed by atoms with Crippen molar-refractivity contribution in [3.8, 4) is 0 Å². The molecule has 1 aromatic rings. The minimum atomic E-state index is -4.35. The minimum absolute atomic E-state index is 0. The van der Waals surface area contributed by atoms with Gasteiger partial charge in [-0.05, 0) is 36.7 Å². The molecule has 0 bridgehead atoms. The Morgan fingerprint density at radius 2 is 1.88 bits per heavy atom. The SMILES string of the molecule is Cl.NCC[C@H](N)c1cc(C(F)(F)F)ccc1Br. The first kappa shape index (κ1) is 16.7. The predicted octanol–water partition coefficient (Wildman–Crippen LogP) is 3.24. The van der Waals surface area contributed by atoms with Crippen molar-refractivity contribution in [2.75, 3.05) is 6.54 Å². The van der Waals surface area contributed by atoms with Crippen molar-refractivity contribution >= 4 is 28.3 Å². The molecular weight excluding hydrogens is 320 g/mol. The van der Waals surface area contributed by atoms with E-state index in [0.717, 1.165) is 12.1 Å². The zero-order valence-corrected chi connectivity index (χ0v) is 11.2. The number of halogens is 5. The highest BCUT2D eigenvalue weighted by Crippen LogP contribution is 2.33. The quantitative estimate of drug-likeness (QED) is 0.892. The maximum Gasteiger partial charge on any atom is 0.416 e. The molecule has 0 aliphatic carbocycles. The zero-order chi connectivity index (χ0) is 12.3. The molecule has 7 heteroatoms. The monoisotopic (exact) mass is 332 g/mol. The van der Waals surface area contributed by atoms with Gasteiger partial charge in [0.2, 0.25) is 0 Å². The van der Waals surface area contributed by atoms with Crippen molar-refractivity contribution in [3.63, 3.8) is 0 Å². The molecule has 0 saturated carbocycles. The van der Waals surface area contributed by atoms with E-state index < -0.39 is 17.8 Å². The molecule has 1 rings (SSSR count). The van der Waals surface area contributed by atoms with E-state index in [4.69, 9.17) is 11.5 Å². The van der Waals surface area contributed by atoms with Crippen molar-refractivity contribution in [3.05, 3.63) is 33.8 Å². The maximum absolute atomic E-state index is 12.5. The van der Waals surface area contributed by atoms with Crippen LogP contribution < -0.4 is 11.5 Å². The molecule has 0 unspecified atom stereocenters. The summed E-state index contributed by atoms with van der Waals surface area (Å²) in [7, 11) is 0. The number of nitrogens with two attached hydrogens (primary N) is 2. The second-order valence-electron chi connectivity index (χ2n) is 3.42. The first-order valence-electron chi connectivity index (χ1n) is 4.68. The number of hydrogen-bond acceptors (Lipinski definition) is 2. The van der Waals surface area contributed by atoms with Crippen molar-refractivity contribution in [2.24, 2.45) is 11.5 Å².